The van der Waals surface area contributed by atoms with E-state index in [0.717, 1.165) is 10.8 Å². The van der Waals surface area contributed by atoms with Crippen molar-refractivity contribution in [3.8, 4) is 11.5 Å². The second-order valence-electron chi connectivity index (χ2n) is 16.9. The highest BCUT2D eigenvalue weighted by Gasteiger charge is 2.62. The van der Waals surface area contributed by atoms with Crippen molar-refractivity contribution < 1.29 is 45.5 Å². The summed E-state index contributed by atoms with van der Waals surface area (Å²) in [4.78, 5) is 42.6. The summed E-state index contributed by atoms with van der Waals surface area (Å²) in [5.41, 5.74) is -2.49. The van der Waals surface area contributed by atoms with E-state index in [1.165, 1.54) is 13.1 Å². The molecule has 0 unspecified atom stereocenters. The summed E-state index contributed by atoms with van der Waals surface area (Å²) < 4.78 is 72.4. The van der Waals surface area contributed by atoms with Crippen LogP contribution in [-0.2, 0) is 38.5 Å². The number of nitrogens with one attached hydrogen (secondary N) is 1. The quantitative estimate of drug-likeness (QED) is 0.0481. The number of ether oxygens (including phenoxy) is 5. The van der Waals surface area contributed by atoms with Crippen LogP contribution in [0.5, 0.6) is 11.5 Å². The summed E-state index contributed by atoms with van der Waals surface area (Å²) in [6, 6.07) is 32.5. The zero-order valence-electron chi connectivity index (χ0n) is 36.4. The molecule has 5 aromatic rings. The van der Waals surface area contributed by atoms with Crippen molar-refractivity contribution in [1.29, 1.82) is 0 Å². The molecule has 4 aromatic carbocycles. The van der Waals surface area contributed by atoms with Gasteiger partial charge in [-0.2, -0.15) is 8.42 Å². The van der Waals surface area contributed by atoms with Gasteiger partial charge in [0.2, 0.25) is 0 Å². The summed E-state index contributed by atoms with van der Waals surface area (Å²) >= 11 is 0. The first-order valence-corrected chi connectivity index (χ1v) is 24.7. The lowest BCUT2D eigenvalue weighted by Gasteiger charge is -2.45. The molecule has 0 radical (unpaired) electrons. The molecule has 1 aliphatic rings. The van der Waals surface area contributed by atoms with E-state index in [0.29, 0.717) is 28.2 Å². The van der Waals surface area contributed by atoms with Gasteiger partial charge in [-0.05, 0) is 78.1 Å². The Morgan fingerprint density at radius 1 is 0.806 bits per heavy atom. The second kappa shape index (κ2) is 18.2. The minimum atomic E-state index is -4.32. The van der Waals surface area contributed by atoms with Gasteiger partial charge < -0.3 is 28.1 Å². The fourth-order valence-corrected chi connectivity index (χ4v) is 9.14. The molecule has 0 bridgehead atoms. The minimum Gasteiger partial charge on any atom is -0.497 e. The van der Waals surface area contributed by atoms with E-state index in [9.17, 15) is 22.8 Å². The molecule has 62 heavy (non-hydrogen) atoms. The predicted octanol–water partition coefficient (Wildman–Crippen LogP) is 6.73. The molecule has 0 aliphatic carbocycles. The maximum atomic E-state index is 13.9. The van der Waals surface area contributed by atoms with Crippen molar-refractivity contribution in [2.24, 2.45) is 0 Å². The fraction of sp³-hybridized carbons (Fsp3) is 0.370. The Bertz CT molecular complexity index is 2510. The van der Waals surface area contributed by atoms with E-state index in [4.69, 9.17) is 32.3 Å². The molecule has 1 saturated heterocycles. The normalized spacial score (nSPS) is 19.5. The Morgan fingerprint density at radius 3 is 1.82 bits per heavy atom. The Kier molecular flexibility index (Phi) is 13.5. The first kappa shape index (κ1) is 46.1. The SMILES string of the molecule is COc1ccc(C(OC[C@@]2(COC(=O)c3ccccc3)O[C@@H](n3cc(C)c(=O)[nH]c3=O)[C@H](OS(C)(=O)=O)[C@H]2O[Si](C)(C)C(C)(C)C)(c2ccccc2)c2ccc(OC)cc2)cc1. The number of carbonyl (C=O) groups excluding carboxylic acids is 1. The first-order valence-electron chi connectivity index (χ1n) is 20.0. The lowest BCUT2D eigenvalue weighted by atomic mass is 9.79. The number of H-pyrrole nitrogens is 1. The van der Waals surface area contributed by atoms with Gasteiger partial charge in [-0.1, -0.05) is 93.6 Å². The Morgan fingerprint density at radius 2 is 1.32 bits per heavy atom. The van der Waals surface area contributed by atoms with Gasteiger partial charge in [0.1, 0.15) is 29.8 Å². The molecule has 2 heterocycles. The molecule has 0 amide bonds. The number of benzene rings is 4. The summed E-state index contributed by atoms with van der Waals surface area (Å²) in [5, 5.41) is -0.459. The molecule has 16 heteroatoms. The Hall–Kier alpha value is -5.36. The molecular formula is C46H54N2O12SSi. The topological polar surface area (TPSA) is 171 Å². The third kappa shape index (κ3) is 9.65. The number of aryl methyl sites for hydroxylation is 1. The number of rotatable bonds is 16. The highest BCUT2D eigenvalue weighted by atomic mass is 32.2. The van der Waals surface area contributed by atoms with Crippen molar-refractivity contribution in [3.05, 3.63) is 164 Å². The van der Waals surface area contributed by atoms with Crippen molar-refractivity contribution in [2.45, 2.75) is 75.5 Å². The van der Waals surface area contributed by atoms with Crippen LogP contribution in [0.25, 0.3) is 0 Å². The van der Waals surface area contributed by atoms with Gasteiger partial charge in [-0.3, -0.25) is 18.5 Å². The van der Waals surface area contributed by atoms with Crippen LogP contribution in [-0.4, -0.2) is 83.8 Å². The van der Waals surface area contributed by atoms with Crippen molar-refractivity contribution >= 4 is 24.4 Å². The maximum absolute atomic E-state index is 13.9. The largest absolute Gasteiger partial charge is 0.497 e. The molecule has 1 fully saturated rings. The smallest absolute Gasteiger partial charge is 0.338 e. The van der Waals surface area contributed by atoms with E-state index in [1.807, 2.05) is 113 Å². The lowest BCUT2D eigenvalue weighted by Crippen LogP contribution is -2.59. The number of methoxy groups -OCH3 is 2. The number of hydrogen-bond acceptors (Lipinski definition) is 12. The van der Waals surface area contributed by atoms with Gasteiger partial charge in [0.25, 0.3) is 15.7 Å². The van der Waals surface area contributed by atoms with Crippen LogP contribution in [0.3, 0.4) is 0 Å². The number of carbonyl (C=O) groups is 1. The zero-order valence-corrected chi connectivity index (χ0v) is 38.2. The van der Waals surface area contributed by atoms with Crippen LogP contribution < -0.4 is 20.7 Å². The molecule has 6 rings (SSSR count). The minimum absolute atomic E-state index is 0.138. The predicted molar refractivity (Wildman–Crippen MR) is 236 cm³/mol. The van der Waals surface area contributed by atoms with E-state index >= 15 is 0 Å². The van der Waals surface area contributed by atoms with Crippen molar-refractivity contribution in [2.75, 3.05) is 33.7 Å². The number of aromatic nitrogens is 2. The van der Waals surface area contributed by atoms with Gasteiger partial charge in [0.05, 0.1) is 32.6 Å². The Balaban J connectivity index is 1.64. The molecule has 1 N–H and O–H groups in total. The monoisotopic (exact) mass is 886 g/mol. The maximum Gasteiger partial charge on any atom is 0.338 e. The highest BCUT2D eigenvalue weighted by Crippen LogP contribution is 2.49. The van der Waals surface area contributed by atoms with Crippen LogP contribution in [0, 0.1) is 6.92 Å². The fourth-order valence-electron chi connectivity index (χ4n) is 7.21. The molecule has 4 atom stereocenters. The van der Waals surface area contributed by atoms with Crippen LogP contribution >= 0.6 is 0 Å². The van der Waals surface area contributed by atoms with Crippen LogP contribution in [0.1, 0.15) is 59.6 Å². The van der Waals surface area contributed by atoms with Crippen molar-refractivity contribution in [3.63, 3.8) is 0 Å². The standard InChI is InChI=1S/C46H54N2O12SSi/c1-31-28-48(43(51)47-40(31)49)41-38(59-61(7,52)53)39(60-62(8,9)44(2,3)4)45(58-41,29-56-42(50)32-16-12-10-13-17-32)30-57-46(33-18-14-11-15-19-33,34-20-24-36(54-5)25-21-34)35-22-26-37(55-6)27-23-35/h10-28,38-39,41H,29-30H2,1-9H3,(H,47,49,51)/t38-,39-,41-,45-/m1/s1. The van der Waals surface area contributed by atoms with Gasteiger partial charge >= 0.3 is 11.7 Å². The van der Waals surface area contributed by atoms with E-state index < -0.39 is 83.5 Å². The van der Waals surface area contributed by atoms with Gasteiger partial charge in [-0.25, -0.2) is 9.59 Å². The van der Waals surface area contributed by atoms with Crippen LogP contribution in [0.2, 0.25) is 18.1 Å². The van der Waals surface area contributed by atoms with Crippen LogP contribution in [0.4, 0.5) is 0 Å². The second-order valence-corrected chi connectivity index (χ2v) is 23.2. The third-order valence-electron chi connectivity index (χ3n) is 11.6. The van der Waals surface area contributed by atoms with Gasteiger partial charge in [0.15, 0.2) is 26.3 Å². The zero-order chi connectivity index (χ0) is 45.1. The Labute approximate surface area is 362 Å². The molecule has 1 aromatic heterocycles. The number of aromatic amines is 1. The third-order valence-corrected chi connectivity index (χ3v) is 16.6. The average molecular weight is 887 g/mol. The summed E-state index contributed by atoms with van der Waals surface area (Å²) in [6.07, 6.45) is -2.37. The molecule has 14 nitrogen and oxygen atoms in total. The summed E-state index contributed by atoms with van der Waals surface area (Å²) in [7, 11) is -4.15. The van der Waals surface area contributed by atoms with E-state index in [1.54, 1.807) is 44.6 Å². The van der Waals surface area contributed by atoms with Crippen LogP contribution in [0.15, 0.2) is 125 Å². The summed E-state index contributed by atoms with van der Waals surface area (Å²) in [5.74, 6) is 0.490. The number of esters is 1. The number of nitrogens with zero attached hydrogens (tertiary/aromatic N) is 1. The molecular weight excluding hydrogens is 833 g/mol. The highest BCUT2D eigenvalue weighted by molar-refractivity contribution is 7.86. The van der Waals surface area contributed by atoms with E-state index in [2.05, 4.69) is 4.98 Å². The molecule has 0 spiro atoms. The van der Waals surface area contributed by atoms with Gasteiger partial charge in [0, 0.05) is 11.8 Å². The molecule has 330 valence electrons. The average Bonchev–Trinajstić information content (AvgIpc) is 3.52. The molecule has 0 saturated carbocycles. The first-order chi connectivity index (χ1) is 29.2. The molecule has 1 aliphatic heterocycles. The number of hydrogen-bond donors (Lipinski definition) is 1. The lowest BCUT2D eigenvalue weighted by molar-refractivity contribution is -0.176. The van der Waals surface area contributed by atoms with Gasteiger partial charge in [-0.15, -0.1) is 0 Å². The van der Waals surface area contributed by atoms with Crippen molar-refractivity contribution in [1.82, 2.24) is 9.55 Å². The van der Waals surface area contributed by atoms with E-state index in [-0.39, 0.29) is 11.1 Å². The summed E-state index contributed by atoms with van der Waals surface area (Å²) in [6.45, 7) is 10.5.